The van der Waals surface area contributed by atoms with Crippen molar-refractivity contribution in [2.24, 2.45) is 18.4 Å². The number of carbonyl (C=O) groups is 1. The maximum Gasteiger partial charge on any atom is 0.409 e. The monoisotopic (exact) mass is 338 g/mol. The molecule has 1 aliphatic heterocycles. The molecule has 0 saturated carbocycles. The van der Waals surface area contributed by atoms with Crippen molar-refractivity contribution in [1.29, 1.82) is 0 Å². The van der Waals surface area contributed by atoms with Gasteiger partial charge in [0.15, 0.2) is 0 Å². The Kier molecular flexibility index (Phi) is 5.72. The molecule has 1 amide bonds. The molecule has 0 unspecified atom stereocenters. The number of nitrogens with zero attached hydrogens (tertiary/aromatic N) is 4. The van der Waals surface area contributed by atoms with Gasteiger partial charge in [-0.25, -0.2) is 14.3 Å². The molecule has 1 aromatic heterocycles. The first-order valence-electron chi connectivity index (χ1n) is 8.75. The Bertz CT molecular complexity index is 619. The highest BCUT2D eigenvalue weighted by Crippen LogP contribution is 2.22. The Hall–Kier alpha value is -1.79. The molecule has 0 N–H and O–H groups in total. The number of piperidine rings is 1. The summed E-state index contributed by atoms with van der Waals surface area (Å²) >= 11 is 0. The van der Waals surface area contributed by atoms with Crippen LogP contribution in [-0.2, 0) is 24.8 Å². The van der Waals surface area contributed by atoms with E-state index in [-0.39, 0.29) is 17.2 Å². The van der Waals surface area contributed by atoms with Crippen LogP contribution in [0.5, 0.6) is 0 Å². The molecule has 1 aromatic rings. The van der Waals surface area contributed by atoms with E-state index < -0.39 is 0 Å². The van der Waals surface area contributed by atoms with Crippen molar-refractivity contribution < 1.29 is 9.53 Å². The van der Waals surface area contributed by atoms with E-state index in [9.17, 15) is 9.59 Å². The standard InChI is InChI=1S/C17H30N4O3/c1-6-21-14(18-19(5)15(21)22)11-13-7-9-20(10-8-13)16(23)24-12-17(2,3)4/h13H,6-12H2,1-5H3. The molecule has 0 atom stereocenters. The summed E-state index contributed by atoms with van der Waals surface area (Å²) < 4.78 is 8.51. The highest BCUT2D eigenvalue weighted by atomic mass is 16.6. The van der Waals surface area contributed by atoms with Crippen LogP contribution < -0.4 is 5.69 Å². The fourth-order valence-corrected chi connectivity index (χ4v) is 2.97. The topological polar surface area (TPSA) is 69.4 Å². The molecule has 2 heterocycles. The number of aromatic nitrogens is 3. The smallest absolute Gasteiger partial charge is 0.409 e. The summed E-state index contributed by atoms with van der Waals surface area (Å²) in [6.07, 6.45) is 2.40. The predicted octanol–water partition coefficient (Wildman–Crippen LogP) is 2.04. The molecule has 2 rings (SSSR count). The Balaban J connectivity index is 1.86. The summed E-state index contributed by atoms with van der Waals surface area (Å²) in [5, 5.41) is 4.35. The van der Waals surface area contributed by atoms with E-state index in [1.165, 1.54) is 4.68 Å². The summed E-state index contributed by atoms with van der Waals surface area (Å²) in [4.78, 5) is 25.8. The van der Waals surface area contributed by atoms with E-state index in [4.69, 9.17) is 4.74 Å². The third-order valence-electron chi connectivity index (χ3n) is 4.37. The van der Waals surface area contributed by atoms with Crippen LogP contribution in [0.3, 0.4) is 0 Å². The minimum absolute atomic E-state index is 0.0171. The molecule has 1 saturated heterocycles. The fraction of sp³-hybridized carbons (Fsp3) is 0.824. The molecule has 0 radical (unpaired) electrons. The van der Waals surface area contributed by atoms with Crippen molar-refractivity contribution in [3.05, 3.63) is 16.3 Å². The Morgan fingerprint density at radius 1 is 1.29 bits per heavy atom. The minimum Gasteiger partial charge on any atom is -0.449 e. The number of likely N-dealkylation sites (tertiary alicyclic amines) is 1. The molecule has 0 bridgehead atoms. The fourth-order valence-electron chi connectivity index (χ4n) is 2.97. The van der Waals surface area contributed by atoms with E-state index in [1.54, 1.807) is 16.5 Å². The average Bonchev–Trinajstić information content (AvgIpc) is 2.79. The number of rotatable bonds is 4. The van der Waals surface area contributed by atoms with Crippen LogP contribution in [0.4, 0.5) is 4.79 Å². The molecule has 136 valence electrons. The van der Waals surface area contributed by atoms with Crippen molar-refractivity contribution in [2.45, 2.75) is 53.5 Å². The van der Waals surface area contributed by atoms with Crippen molar-refractivity contribution in [3.8, 4) is 0 Å². The molecule has 0 aromatic carbocycles. The van der Waals surface area contributed by atoms with E-state index in [2.05, 4.69) is 5.10 Å². The molecule has 7 heteroatoms. The summed E-state index contributed by atoms with van der Waals surface area (Å²) in [6.45, 7) is 10.6. The van der Waals surface area contributed by atoms with Gasteiger partial charge >= 0.3 is 11.8 Å². The zero-order chi connectivity index (χ0) is 17.9. The van der Waals surface area contributed by atoms with E-state index in [0.717, 1.165) is 25.1 Å². The van der Waals surface area contributed by atoms with Gasteiger partial charge in [-0.2, -0.15) is 5.10 Å². The van der Waals surface area contributed by atoms with E-state index in [0.29, 0.717) is 32.2 Å². The molecule has 1 fully saturated rings. The lowest BCUT2D eigenvalue weighted by Crippen LogP contribution is -2.40. The van der Waals surface area contributed by atoms with Crippen molar-refractivity contribution >= 4 is 6.09 Å². The molecule has 0 spiro atoms. The maximum absolute atomic E-state index is 12.1. The van der Waals surface area contributed by atoms with Crippen LogP contribution in [0.2, 0.25) is 0 Å². The summed E-state index contributed by atoms with van der Waals surface area (Å²) in [7, 11) is 1.69. The minimum atomic E-state index is -0.216. The number of hydrogen-bond acceptors (Lipinski definition) is 4. The quantitative estimate of drug-likeness (QED) is 0.842. The van der Waals surface area contributed by atoms with Crippen molar-refractivity contribution in [1.82, 2.24) is 19.2 Å². The van der Waals surface area contributed by atoms with Gasteiger partial charge < -0.3 is 9.64 Å². The number of aryl methyl sites for hydroxylation is 1. The van der Waals surface area contributed by atoms with Crippen LogP contribution in [0.1, 0.15) is 46.4 Å². The molecular weight excluding hydrogens is 308 g/mol. The lowest BCUT2D eigenvalue weighted by Gasteiger charge is -2.32. The van der Waals surface area contributed by atoms with Gasteiger partial charge in [0, 0.05) is 33.1 Å². The Labute approximate surface area is 143 Å². The normalized spacial score (nSPS) is 16.5. The third kappa shape index (κ3) is 4.61. The number of carbonyl (C=O) groups excluding carboxylic acids is 1. The van der Waals surface area contributed by atoms with Crippen molar-refractivity contribution in [2.75, 3.05) is 19.7 Å². The Morgan fingerprint density at radius 3 is 2.46 bits per heavy atom. The zero-order valence-electron chi connectivity index (χ0n) is 15.5. The van der Waals surface area contributed by atoms with Crippen LogP contribution in [0.15, 0.2) is 4.79 Å². The van der Waals surface area contributed by atoms with Crippen LogP contribution >= 0.6 is 0 Å². The lowest BCUT2D eigenvalue weighted by molar-refractivity contribution is 0.0619. The SMILES string of the molecule is CCn1c(CC2CCN(C(=O)OCC(C)(C)C)CC2)nn(C)c1=O. The first-order valence-corrected chi connectivity index (χ1v) is 8.75. The number of hydrogen-bond donors (Lipinski definition) is 0. The largest absolute Gasteiger partial charge is 0.449 e. The molecule has 7 nitrogen and oxygen atoms in total. The molecule has 1 aliphatic rings. The van der Waals surface area contributed by atoms with Gasteiger partial charge in [-0.3, -0.25) is 4.57 Å². The second-order valence-electron chi connectivity index (χ2n) is 7.82. The summed E-state index contributed by atoms with van der Waals surface area (Å²) in [5.41, 5.74) is -0.0766. The van der Waals surface area contributed by atoms with Gasteiger partial charge in [0.2, 0.25) is 0 Å². The molecular formula is C17H30N4O3. The zero-order valence-corrected chi connectivity index (χ0v) is 15.5. The lowest BCUT2D eigenvalue weighted by atomic mass is 9.93. The number of ether oxygens (including phenoxy) is 1. The second-order valence-corrected chi connectivity index (χ2v) is 7.82. The predicted molar refractivity (Wildman–Crippen MR) is 91.9 cm³/mol. The van der Waals surface area contributed by atoms with Crippen LogP contribution in [0.25, 0.3) is 0 Å². The first kappa shape index (κ1) is 18.5. The third-order valence-corrected chi connectivity index (χ3v) is 4.37. The van der Waals surface area contributed by atoms with Gasteiger partial charge in [-0.05, 0) is 31.1 Å². The van der Waals surface area contributed by atoms with Gasteiger partial charge in [-0.1, -0.05) is 20.8 Å². The summed E-state index contributed by atoms with van der Waals surface area (Å²) in [6, 6.07) is 0. The van der Waals surface area contributed by atoms with Crippen LogP contribution in [-0.4, -0.2) is 45.0 Å². The van der Waals surface area contributed by atoms with Gasteiger partial charge in [0.1, 0.15) is 5.82 Å². The summed E-state index contributed by atoms with van der Waals surface area (Å²) in [5.74, 6) is 1.29. The highest BCUT2D eigenvalue weighted by Gasteiger charge is 2.26. The van der Waals surface area contributed by atoms with Gasteiger partial charge in [0.25, 0.3) is 0 Å². The van der Waals surface area contributed by atoms with Crippen molar-refractivity contribution in [3.63, 3.8) is 0 Å². The molecule has 0 aliphatic carbocycles. The Morgan fingerprint density at radius 2 is 1.92 bits per heavy atom. The average molecular weight is 338 g/mol. The van der Waals surface area contributed by atoms with Crippen LogP contribution in [0, 0.1) is 11.3 Å². The first-order chi connectivity index (χ1) is 11.2. The van der Waals surface area contributed by atoms with E-state index in [1.807, 2.05) is 27.7 Å². The highest BCUT2D eigenvalue weighted by molar-refractivity contribution is 5.67. The maximum atomic E-state index is 12.1. The van der Waals surface area contributed by atoms with E-state index >= 15 is 0 Å². The van der Waals surface area contributed by atoms with Gasteiger partial charge in [-0.15, -0.1) is 0 Å². The van der Waals surface area contributed by atoms with Gasteiger partial charge in [0.05, 0.1) is 6.61 Å². The number of amides is 1. The molecule has 24 heavy (non-hydrogen) atoms. The second kappa shape index (κ2) is 7.40.